The minimum atomic E-state index is -0.211. The standard InChI is InChI=1S/C19H19ClFN3OS/c1-25-12-6-11-24-18(15-8-3-4-9-16(15)20)22-23-19(24)26-13-14-7-2-5-10-17(14)21/h2-5,7-10H,6,11-13H2,1H3. The van der Waals surface area contributed by atoms with E-state index in [2.05, 4.69) is 10.2 Å². The lowest BCUT2D eigenvalue weighted by atomic mass is 10.2. The highest BCUT2D eigenvalue weighted by Crippen LogP contribution is 2.30. The van der Waals surface area contributed by atoms with Crippen molar-refractivity contribution in [3.63, 3.8) is 0 Å². The smallest absolute Gasteiger partial charge is 0.191 e. The quantitative estimate of drug-likeness (QED) is 0.397. The third-order valence-electron chi connectivity index (χ3n) is 3.88. The van der Waals surface area contributed by atoms with Crippen molar-refractivity contribution in [1.82, 2.24) is 14.8 Å². The van der Waals surface area contributed by atoms with E-state index in [9.17, 15) is 4.39 Å². The molecule has 3 aromatic rings. The van der Waals surface area contributed by atoms with Gasteiger partial charge in [-0.1, -0.05) is 53.7 Å². The van der Waals surface area contributed by atoms with Gasteiger partial charge in [0.1, 0.15) is 5.82 Å². The number of benzene rings is 2. The van der Waals surface area contributed by atoms with E-state index in [0.717, 1.165) is 17.1 Å². The number of hydrogen-bond acceptors (Lipinski definition) is 4. The molecule has 0 unspecified atom stereocenters. The molecule has 0 saturated heterocycles. The van der Waals surface area contributed by atoms with Gasteiger partial charge < -0.3 is 9.30 Å². The second kappa shape index (κ2) is 9.16. The molecule has 0 atom stereocenters. The highest BCUT2D eigenvalue weighted by atomic mass is 35.5. The van der Waals surface area contributed by atoms with Crippen LogP contribution in [-0.4, -0.2) is 28.5 Å². The molecule has 0 bridgehead atoms. The van der Waals surface area contributed by atoms with Crippen LogP contribution >= 0.6 is 23.4 Å². The van der Waals surface area contributed by atoms with Crippen LogP contribution in [0.1, 0.15) is 12.0 Å². The fourth-order valence-corrected chi connectivity index (χ4v) is 3.73. The van der Waals surface area contributed by atoms with E-state index in [1.807, 2.05) is 34.9 Å². The Labute approximate surface area is 161 Å². The first-order valence-corrected chi connectivity index (χ1v) is 9.60. The minimum Gasteiger partial charge on any atom is -0.385 e. The van der Waals surface area contributed by atoms with E-state index < -0.39 is 0 Å². The van der Waals surface area contributed by atoms with Crippen LogP contribution in [0.15, 0.2) is 53.7 Å². The van der Waals surface area contributed by atoms with Gasteiger partial charge in [0.15, 0.2) is 11.0 Å². The van der Waals surface area contributed by atoms with Crippen LogP contribution in [0.4, 0.5) is 4.39 Å². The molecular formula is C19H19ClFN3OS. The minimum absolute atomic E-state index is 0.211. The zero-order valence-corrected chi connectivity index (χ0v) is 15.9. The van der Waals surface area contributed by atoms with Crippen molar-refractivity contribution >= 4 is 23.4 Å². The van der Waals surface area contributed by atoms with Crippen molar-refractivity contribution in [2.75, 3.05) is 13.7 Å². The van der Waals surface area contributed by atoms with Gasteiger partial charge in [-0.2, -0.15) is 0 Å². The number of halogens is 2. The van der Waals surface area contributed by atoms with Crippen LogP contribution in [-0.2, 0) is 17.0 Å². The van der Waals surface area contributed by atoms with Crippen molar-refractivity contribution in [3.8, 4) is 11.4 Å². The Balaban J connectivity index is 1.87. The molecule has 0 saturated carbocycles. The number of methoxy groups -OCH3 is 1. The fraction of sp³-hybridized carbons (Fsp3) is 0.263. The van der Waals surface area contributed by atoms with E-state index in [4.69, 9.17) is 16.3 Å². The lowest BCUT2D eigenvalue weighted by Crippen LogP contribution is -2.05. The molecule has 0 spiro atoms. The van der Waals surface area contributed by atoms with E-state index >= 15 is 0 Å². The predicted octanol–water partition coefficient (Wildman–Crippen LogP) is 5.07. The molecule has 0 aliphatic rings. The van der Waals surface area contributed by atoms with Crippen LogP contribution in [0, 0.1) is 5.82 Å². The summed E-state index contributed by atoms with van der Waals surface area (Å²) in [7, 11) is 1.68. The molecule has 4 nitrogen and oxygen atoms in total. The van der Waals surface area contributed by atoms with Gasteiger partial charge >= 0.3 is 0 Å². The Hall–Kier alpha value is -1.89. The Morgan fingerprint density at radius 3 is 2.65 bits per heavy atom. The molecule has 0 fully saturated rings. The van der Waals surface area contributed by atoms with Gasteiger partial charge in [0, 0.05) is 31.6 Å². The van der Waals surface area contributed by atoms with Crippen LogP contribution in [0.25, 0.3) is 11.4 Å². The van der Waals surface area contributed by atoms with Crippen LogP contribution in [0.2, 0.25) is 5.02 Å². The van der Waals surface area contributed by atoms with Crippen molar-refractivity contribution in [2.24, 2.45) is 0 Å². The summed E-state index contributed by atoms with van der Waals surface area (Å²) in [6.07, 6.45) is 0.819. The Bertz CT molecular complexity index is 871. The molecule has 26 heavy (non-hydrogen) atoms. The van der Waals surface area contributed by atoms with E-state index in [0.29, 0.717) is 35.3 Å². The lowest BCUT2D eigenvalue weighted by molar-refractivity contribution is 0.189. The first kappa shape index (κ1) is 18.9. The van der Waals surface area contributed by atoms with Crippen molar-refractivity contribution in [1.29, 1.82) is 0 Å². The summed E-state index contributed by atoms with van der Waals surface area (Å²) < 4.78 is 21.1. The maximum absolute atomic E-state index is 13.9. The number of aromatic nitrogens is 3. The van der Waals surface area contributed by atoms with Crippen molar-refractivity contribution in [2.45, 2.75) is 23.9 Å². The molecule has 1 heterocycles. The maximum Gasteiger partial charge on any atom is 0.191 e. The molecule has 0 aliphatic heterocycles. The number of nitrogens with zero attached hydrogens (tertiary/aromatic N) is 3. The van der Waals surface area contributed by atoms with E-state index in [-0.39, 0.29) is 5.82 Å². The summed E-state index contributed by atoms with van der Waals surface area (Å²) in [6, 6.07) is 14.3. The molecule has 0 aliphatic carbocycles. The second-order valence-corrected chi connectivity index (χ2v) is 7.01. The van der Waals surface area contributed by atoms with Gasteiger partial charge in [0.05, 0.1) is 5.02 Å². The van der Waals surface area contributed by atoms with Gasteiger partial charge in [-0.3, -0.25) is 0 Å². The molecule has 7 heteroatoms. The zero-order chi connectivity index (χ0) is 18.4. The van der Waals surface area contributed by atoms with Crippen molar-refractivity contribution in [3.05, 3.63) is 64.9 Å². The summed E-state index contributed by atoms with van der Waals surface area (Å²) in [5.74, 6) is 0.983. The van der Waals surface area contributed by atoms with Crippen molar-refractivity contribution < 1.29 is 9.13 Å². The van der Waals surface area contributed by atoms with Gasteiger partial charge in [-0.15, -0.1) is 10.2 Å². The SMILES string of the molecule is COCCCn1c(SCc2ccccc2F)nnc1-c1ccccc1Cl. The first-order valence-electron chi connectivity index (χ1n) is 8.24. The second-order valence-electron chi connectivity index (χ2n) is 5.66. The summed E-state index contributed by atoms with van der Waals surface area (Å²) >= 11 is 7.79. The summed E-state index contributed by atoms with van der Waals surface area (Å²) in [5.41, 5.74) is 1.47. The monoisotopic (exact) mass is 391 g/mol. The van der Waals surface area contributed by atoms with Crippen LogP contribution < -0.4 is 0 Å². The number of ether oxygens (including phenoxy) is 1. The predicted molar refractivity (Wildman–Crippen MR) is 103 cm³/mol. The molecule has 0 N–H and O–H groups in total. The average molecular weight is 392 g/mol. The normalized spacial score (nSPS) is 11.0. The lowest BCUT2D eigenvalue weighted by Gasteiger charge is -2.11. The molecule has 0 radical (unpaired) electrons. The van der Waals surface area contributed by atoms with Gasteiger partial charge in [-0.25, -0.2) is 4.39 Å². The highest BCUT2D eigenvalue weighted by molar-refractivity contribution is 7.98. The third kappa shape index (κ3) is 4.44. The fourth-order valence-electron chi connectivity index (χ4n) is 2.56. The molecule has 1 aromatic heterocycles. The Morgan fingerprint density at radius 2 is 1.88 bits per heavy atom. The summed E-state index contributed by atoms with van der Waals surface area (Å²) in [4.78, 5) is 0. The Kier molecular flexibility index (Phi) is 6.66. The topological polar surface area (TPSA) is 39.9 Å². The van der Waals surface area contributed by atoms with Crippen LogP contribution in [0.5, 0.6) is 0 Å². The molecule has 0 amide bonds. The number of rotatable bonds is 8. The molecule has 2 aromatic carbocycles. The number of hydrogen-bond donors (Lipinski definition) is 0. The van der Waals surface area contributed by atoms with E-state index in [1.165, 1.54) is 17.8 Å². The van der Waals surface area contributed by atoms with Gasteiger partial charge in [0.2, 0.25) is 0 Å². The van der Waals surface area contributed by atoms with Gasteiger partial charge in [0.25, 0.3) is 0 Å². The van der Waals surface area contributed by atoms with Gasteiger partial charge in [-0.05, 0) is 30.2 Å². The zero-order valence-electron chi connectivity index (χ0n) is 14.4. The summed E-state index contributed by atoms with van der Waals surface area (Å²) in [6.45, 7) is 1.33. The third-order valence-corrected chi connectivity index (χ3v) is 5.22. The largest absolute Gasteiger partial charge is 0.385 e. The first-order chi connectivity index (χ1) is 12.7. The molecule has 136 valence electrons. The summed E-state index contributed by atoms with van der Waals surface area (Å²) in [5, 5.41) is 10.0. The molecule has 3 rings (SSSR count). The maximum atomic E-state index is 13.9. The number of thioether (sulfide) groups is 1. The van der Waals surface area contributed by atoms with Crippen LogP contribution in [0.3, 0.4) is 0 Å². The molecular weight excluding hydrogens is 373 g/mol. The van der Waals surface area contributed by atoms with E-state index in [1.54, 1.807) is 19.2 Å². The Morgan fingerprint density at radius 1 is 1.12 bits per heavy atom. The average Bonchev–Trinajstić information content (AvgIpc) is 3.04. The highest BCUT2D eigenvalue weighted by Gasteiger charge is 2.16.